The minimum absolute atomic E-state index is 0.258. The predicted molar refractivity (Wildman–Crippen MR) is 67.7 cm³/mol. The van der Waals surface area contributed by atoms with E-state index in [0.717, 1.165) is 36.1 Å². The molecule has 0 atom stereocenters. The molecule has 0 bridgehead atoms. The Balaban J connectivity index is 2.58. The molecule has 0 unspecified atom stereocenters. The van der Waals surface area contributed by atoms with Gasteiger partial charge in [-0.3, -0.25) is 4.79 Å². The van der Waals surface area contributed by atoms with Gasteiger partial charge in [-0.25, -0.2) is 0 Å². The lowest BCUT2D eigenvalue weighted by Crippen LogP contribution is -1.97. The van der Waals surface area contributed by atoms with Crippen molar-refractivity contribution in [3.05, 3.63) is 28.8 Å². The third-order valence-corrected chi connectivity index (χ3v) is 2.83. The minimum atomic E-state index is -0.716. The summed E-state index contributed by atoms with van der Waals surface area (Å²) in [6, 6.07) is 4.24. The highest BCUT2D eigenvalue weighted by Crippen LogP contribution is 2.25. The van der Waals surface area contributed by atoms with Gasteiger partial charge in [0, 0.05) is 6.42 Å². The summed E-state index contributed by atoms with van der Waals surface area (Å²) in [5.74, 6) is 0.228. The normalized spacial score (nSPS) is 10.3. The van der Waals surface area contributed by atoms with E-state index >= 15 is 0 Å². The van der Waals surface area contributed by atoms with Crippen LogP contribution in [0.1, 0.15) is 36.0 Å². The molecule has 1 aromatic carbocycles. The van der Waals surface area contributed by atoms with Crippen molar-refractivity contribution in [1.82, 2.24) is 0 Å². The maximum absolute atomic E-state index is 10.4. The number of aryl methyl sites for hydroxylation is 3. The number of benzene rings is 1. The molecule has 0 fully saturated rings. The molecule has 3 heteroatoms. The largest absolute Gasteiger partial charge is 0.496 e. The van der Waals surface area contributed by atoms with Crippen molar-refractivity contribution in [2.75, 3.05) is 7.11 Å². The molecule has 1 rings (SSSR count). The van der Waals surface area contributed by atoms with Crippen LogP contribution >= 0.6 is 0 Å². The van der Waals surface area contributed by atoms with E-state index in [4.69, 9.17) is 9.84 Å². The number of hydrogen-bond acceptors (Lipinski definition) is 2. The van der Waals surface area contributed by atoms with Crippen LogP contribution in [0.5, 0.6) is 5.75 Å². The Labute approximate surface area is 102 Å². The van der Waals surface area contributed by atoms with Crippen LogP contribution in [0, 0.1) is 13.8 Å². The number of carbonyl (C=O) groups is 1. The van der Waals surface area contributed by atoms with E-state index in [9.17, 15) is 4.79 Å². The van der Waals surface area contributed by atoms with Crippen molar-refractivity contribution in [3.8, 4) is 5.75 Å². The predicted octanol–water partition coefficient (Wildman–Crippen LogP) is 3.11. The van der Waals surface area contributed by atoms with Crippen LogP contribution < -0.4 is 4.74 Å². The smallest absolute Gasteiger partial charge is 0.303 e. The first-order valence-corrected chi connectivity index (χ1v) is 5.90. The molecule has 1 N–H and O–H groups in total. The van der Waals surface area contributed by atoms with Crippen LogP contribution in [0.3, 0.4) is 0 Å². The maximum atomic E-state index is 10.4. The third kappa shape index (κ3) is 4.10. The van der Waals surface area contributed by atoms with Crippen LogP contribution in [-0.2, 0) is 11.2 Å². The van der Waals surface area contributed by atoms with Gasteiger partial charge in [0.05, 0.1) is 7.11 Å². The Bertz CT molecular complexity index is 373. The van der Waals surface area contributed by atoms with E-state index in [1.807, 2.05) is 13.8 Å². The van der Waals surface area contributed by atoms with Gasteiger partial charge in [-0.05, 0) is 49.8 Å². The molecule has 0 aliphatic heterocycles. The fourth-order valence-corrected chi connectivity index (χ4v) is 2.11. The Morgan fingerprint density at radius 3 is 2.29 bits per heavy atom. The Morgan fingerprint density at radius 1 is 1.24 bits per heavy atom. The number of carboxylic acid groups (broad SMARTS) is 1. The Kier molecular flexibility index (Phi) is 5.01. The molecular formula is C14H20O3. The first-order chi connectivity index (χ1) is 8.04. The van der Waals surface area contributed by atoms with Crippen molar-refractivity contribution >= 4 is 5.97 Å². The molecule has 0 aromatic heterocycles. The average molecular weight is 236 g/mol. The van der Waals surface area contributed by atoms with Crippen LogP contribution in [-0.4, -0.2) is 18.2 Å². The first-order valence-electron chi connectivity index (χ1n) is 5.90. The van der Waals surface area contributed by atoms with E-state index in [-0.39, 0.29) is 6.42 Å². The summed E-state index contributed by atoms with van der Waals surface area (Å²) in [6.45, 7) is 4.07. The molecule has 3 nitrogen and oxygen atoms in total. The summed E-state index contributed by atoms with van der Waals surface area (Å²) in [5, 5.41) is 8.55. The molecule has 0 spiro atoms. The molecule has 17 heavy (non-hydrogen) atoms. The second-order valence-corrected chi connectivity index (χ2v) is 4.36. The van der Waals surface area contributed by atoms with Gasteiger partial charge in [0.15, 0.2) is 0 Å². The molecule has 0 aliphatic carbocycles. The van der Waals surface area contributed by atoms with E-state index in [0.29, 0.717) is 0 Å². The van der Waals surface area contributed by atoms with Crippen molar-refractivity contribution in [1.29, 1.82) is 0 Å². The summed E-state index contributed by atoms with van der Waals surface area (Å²) in [5.41, 5.74) is 3.53. The number of unbranched alkanes of at least 4 members (excludes halogenated alkanes) is 1. The number of rotatable bonds is 6. The lowest BCUT2D eigenvalue weighted by molar-refractivity contribution is -0.137. The first kappa shape index (κ1) is 13.6. The van der Waals surface area contributed by atoms with Crippen LogP contribution in [0.25, 0.3) is 0 Å². The molecule has 0 heterocycles. The van der Waals surface area contributed by atoms with Crippen LogP contribution in [0.2, 0.25) is 0 Å². The molecule has 0 saturated carbocycles. The summed E-state index contributed by atoms with van der Waals surface area (Å²) in [6.07, 6.45) is 2.84. The van der Waals surface area contributed by atoms with Gasteiger partial charge in [-0.1, -0.05) is 12.1 Å². The highest BCUT2D eigenvalue weighted by atomic mass is 16.5. The maximum Gasteiger partial charge on any atom is 0.303 e. The number of carboxylic acids is 1. The third-order valence-electron chi connectivity index (χ3n) is 2.83. The van der Waals surface area contributed by atoms with Crippen molar-refractivity contribution < 1.29 is 14.6 Å². The summed E-state index contributed by atoms with van der Waals surface area (Å²) >= 11 is 0. The fourth-order valence-electron chi connectivity index (χ4n) is 2.11. The fraction of sp³-hybridized carbons (Fsp3) is 0.500. The lowest BCUT2D eigenvalue weighted by Gasteiger charge is -2.11. The van der Waals surface area contributed by atoms with Gasteiger partial charge in [-0.15, -0.1) is 0 Å². The number of aliphatic carboxylic acids is 1. The minimum Gasteiger partial charge on any atom is -0.496 e. The highest BCUT2D eigenvalue weighted by molar-refractivity contribution is 5.66. The molecule has 0 amide bonds. The van der Waals surface area contributed by atoms with E-state index in [1.54, 1.807) is 7.11 Å². The van der Waals surface area contributed by atoms with Gasteiger partial charge < -0.3 is 9.84 Å². The zero-order valence-electron chi connectivity index (χ0n) is 10.7. The summed E-state index contributed by atoms with van der Waals surface area (Å²) in [4.78, 5) is 10.4. The second kappa shape index (κ2) is 6.28. The summed E-state index contributed by atoms with van der Waals surface area (Å²) < 4.78 is 5.31. The second-order valence-electron chi connectivity index (χ2n) is 4.36. The number of hydrogen-bond donors (Lipinski definition) is 1. The van der Waals surface area contributed by atoms with Crippen molar-refractivity contribution in [3.63, 3.8) is 0 Å². The summed E-state index contributed by atoms with van der Waals surface area (Å²) in [7, 11) is 1.68. The Morgan fingerprint density at radius 2 is 1.82 bits per heavy atom. The van der Waals surface area contributed by atoms with E-state index in [1.165, 1.54) is 5.56 Å². The number of methoxy groups -OCH3 is 1. The molecule has 0 aliphatic rings. The quantitative estimate of drug-likeness (QED) is 0.772. The number of ether oxygens (including phenoxy) is 1. The van der Waals surface area contributed by atoms with Gasteiger partial charge >= 0.3 is 5.97 Å². The zero-order valence-corrected chi connectivity index (χ0v) is 10.7. The molecule has 0 radical (unpaired) electrons. The standard InChI is InChI=1S/C14H20O3/c1-10-8-12(6-4-5-7-13(15)16)9-11(2)14(10)17-3/h8-9H,4-7H2,1-3H3,(H,15,16). The van der Waals surface area contributed by atoms with E-state index in [2.05, 4.69) is 12.1 Å². The Hall–Kier alpha value is -1.51. The monoisotopic (exact) mass is 236 g/mol. The van der Waals surface area contributed by atoms with Gasteiger partial charge in [0.25, 0.3) is 0 Å². The zero-order chi connectivity index (χ0) is 12.8. The van der Waals surface area contributed by atoms with Crippen LogP contribution in [0.15, 0.2) is 12.1 Å². The average Bonchev–Trinajstić information content (AvgIpc) is 2.24. The SMILES string of the molecule is COc1c(C)cc(CCCCC(=O)O)cc1C. The van der Waals surface area contributed by atoms with Gasteiger partial charge in [0.2, 0.25) is 0 Å². The molecule has 1 aromatic rings. The molecule has 94 valence electrons. The lowest BCUT2D eigenvalue weighted by atomic mass is 10.0. The van der Waals surface area contributed by atoms with Gasteiger partial charge in [-0.2, -0.15) is 0 Å². The topological polar surface area (TPSA) is 46.5 Å². The highest BCUT2D eigenvalue weighted by Gasteiger charge is 2.05. The van der Waals surface area contributed by atoms with E-state index < -0.39 is 5.97 Å². The van der Waals surface area contributed by atoms with Crippen LogP contribution in [0.4, 0.5) is 0 Å². The molecular weight excluding hydrogens is 216 g/mol. The molecule has 0 saturated heterocycles. The van der Waals surface area contributed by atoms with Crippen molar-refractivity contribution in [2.45, 2.75) is 39.5 Å². The van der Waals surface area contributed by atoms with Gasteiger partial charge in [0.1, 0.15) is 5.75 Å². The van der Waals surface area contributed by atoms with Crippen molar-refractivity contribution in [2.24, 2.45) is 0 Å².